The summed E-state index contributed by atoms with van der Waals surface area (Å²) in [6.45, 7) is 2.00. The summed E-state index contributed by atoms with van der Waals surface area (Å²) >= 11 is 5.88. The molecular formula is C27H20ClF3N8O2. The van der Waals surface area contributed by atoms with Crippen LogP contribution in [-0.2, 0) is 6.18 Å². The van der Waals surface area contributed by atoms with Gasteiger partial charge in [-0.15, -0.1) is 5.10 Å². The number of fused-ring (bicyclic) bond motifs is 1. The van der Waals surface area contributed by atoms with E-state index in [1.54, 1.807) is 18.3 Å². The Morgan fingerprint density at radius 1 is 0.927 bits per heavy atom. The molecule has 1 aliphatic heterocycles. The molecule has 2 N–H and O–H groups in total. The van der Waals surface area contributed by atoms with Gasteiger partial charge in [0.2, 0.25) is 0 Å². The van der Waals surface area contributed by atoms with Gasteiger partial charge in [-0.1, -0.05) is 11.6 Å². The van der Waals surface area contributed by atoms with E-state index in [1.807, 2.05) is 28.8 Å². The Hall–Kier alpha value is -4.91. The molecular weight excluding hydrogens is 561 g/mol. The third-order valence-electron chi connectivity index (χ3n) is 6.32. The second-order valence-electron chi connectivity index (χ2n) is 9.10. The van der Waals surface area contributed by atoms with Gasteiger partial charge in [0, 0.05) is 18.7 Å². The van der Waals surface area contributed by atoms with Gasteiger partial charge in [0.1, 0.15) is 11.6 Å². The minimum atomic E-state index is -4.54. The van der Waals surface area contributed by atoms with Crippen LogP contribution in [-0.4, -0.2) is 43.7 Å². The lowest BCUT2D eigenvalue weighted by atomic mass is 10.1. The maximum absolute atomic E-state index is 12.8. The van der Waals surface area contributed by atoms with Gasteiger partial charge in [0.25, 0.3) is 0 Å². The van der Waals surface area contributed by atoms with E-state index in [2.05, 4.69) is 30.5 Å². The maximum atomic E-state index is 12.8. The Kier molecular flexibility index (Phi) is 6.79. The van der Waals surface area contributed by atoms with Gasteiger partial charge >= 0.3 is 18.2 Å². The van der Waals surface area contributed by atoms with Gasteiger partial charge in [0.05, 0.1) is 46.2 Å². The molecule has 14 heteroatoms. The first kappa shape index (κ1) is 26.3. The average molecular weight is 581 g/mol. The Morgan fingerprint density at radius 2 is 1.68 bits per heavy atom. The number of hydrogen-bond donors (Lipinski definition) is 2. The van der Waals surface area contributed by atoms with Crippen LogP contribution < -0.4 is 20.3 Å². The van der Waals surface area contributed by atoms with Crippen molar-refractivity contribution in [2.24, 2.45) is 0 Å². The Morgan fingerprint density at radius 3 is 2.34 bits per heavy atom. The number of amides is 2. The molecule has 0 spiro atoms. The van der Waals surface area contributed by atoms with Crippen molar-refractivity contribution < 1.29 is 22.7 Å². The van der Waals surface area contributed by atoms with Crippen molar-refractivity contribution in [1.82, 2.24) is 24.6 Å². The van der Waals surface area contributed by atoms with Crippen molar-refractivity contribution in [2.75, 3.05) is 28.6 Å². The van der Waals surface area contributed by atoms with E-state index < -0.39 is 17.8 Å². The van der Waals surface area contributed by atoms with Crippen LogP contribution in [0, 0.1) is 0 Å². The lowest BCUT2D eigenvalue weighted by Gasteiger charge is -2.31. The molecule has 10 nitrogen and oxygen atoms in total. The van der Waals surface area contributed by atoms with Crippen molar-refractivity contribution in [2.45, 2.75) is 12.6 Å². The quantitative estimate of drug-likeness (QED) is 0.236. The van der Waals surface area contributed by atoms with Gasteiger partial charge in [-0.3, -0.25) is 0 Å². The average Bonchev–Trinajstić information content (AvgIpc) is 3.33. The number of anilines is 3. The number of nitrogens with one attached hydrogen (secondary N) is 2. The second kappa shape index (κ2) is 10.6. The molecule has 0 saturated carbocycles. The minimum absolute atomic E-state index is 0.0118. The molecule has 0 bridgehead atoms. The molecule has 5 aromatic rings. The third kappa shape index (κ3) is 5.70. The predicted octanol–water partition coefficient (Wildman–Crippen LogP) is 6.50. The number of carbonyl (C=O) groups is 1. The van der Waals surface area contributed by atoms with Crippen LogP contribution >= 0.6 is 11.6 Å². The van der Waals surface area contributed by atoms with E-state index in [0.29, 0.717) is 5.75 Å². The molecule has 0 unspecified atom stereocenters. The van der Waals surface area contributed by atoms with Crippen molar-refractivity contribution in [3.8, 4) is 23.0 Å². The van der Waals surface area contributed by atoms with E-state index in [4.69, 9.17) is 21.4 Å². The first-order valence-electron chi connectivity index (χ1n) is 12.4. The molecule has 0 aliphatic carbocycles. The number of carbonyl (C=O) groups excluding carboxylic acids is 1. The second-order valence-corrected chi connectivity index (χ2v) is 9.51. The van der Waals surface area contributed by atoms with Crippen LogP contribution in [0.25, 0.3) is 16.9 Å². The molecule has 1 fully saturated rings. The lowest BCUT2D eigenvalue weighted by Crippen LogP contribution is -2.37. The molecule has 208 valence electrons. The molecule has 1 aliphatic rings. The molecule has 4 heterocycles. The van der Waals surface area contributed by atoms with Crippen molar-refractivity contribution in [3.05, 3.63) is 83.8 Å². The fraction of sp³-hybridized carbons (Fsp3) is 0.148. The fourth-order valence-corrected chi connectivity index (χ4v) is 4.31. The Balaban J connectivity index is 1.08. The molecule has 3 aromatic heterocycles. The number of alkyl halides is 3. The van der Waals surface area contributed by atoms with Crippen LogP contribution in [0.1, 0.15) is 12.0 Å². The molecule has 0 atom stereocenters. The monoisotopic (exact) mass is 580 g/mol. The Bertz CT molecular complexity index is 1720. The summed E-state index contributed by atoms with van der Waals surface area (Å²) in [5.41, 5.74) is 1.82. The van der Waals surface area contributed by atoms with Gasteiger partial charge < -0.3 is 20.3 Å². The van der Waals surface area contributed by atoms with Crippen LogP contribution in [0.3, 0.4) is 0 Å². The van der Waals surface area contributed by atoms with Crippen LogP contribution in [0.4, 0.5) is 35.2 Å². The van der Waals surface area contributed by atoms with E-state index in [-0.39, 0.29) is 22.4 Å². The summed E-state index contributed by atoms with van der Waals surface area (Å²) in [6, 6.07) is 13.2. The van der Waals surface area contributed by atoms with Gasteiger partial charge in [0.15, 0.2) is 5.65 Å². The molecule has 0 radical (unpaired) electrons. The van der Waals surface area contributed by atoms with Crippen molar-refractivity contribution >= 4 is 40.5 Å². The smallest absolute Gasteiger partial charge is 0.416 e. The molecule has 41 heavy (non-hydrogen) atoms. The third-order valence-corrected chi connectivity index (χ3v) is 6.63. The topological polar surface area (TPSA) is 110 Å². The van der Waals surface area contributed by atoms with Gasteiger partial charge in [-0.2, -0.15) is 13.2 Å². The zero-order valence-electron chi connectivity index (χ0n) is 21.1. The van der Waals surface area contributed by atoms with Gasteiger partial charge in [-0.25, -0.2) is 24.3 Å². The highest BCUT2D eigenvalue weighted by atomic mass is 35.5. The number of aromatic nitrogens is 5. The van der Waals surface area contributed by atoms with Crippen LogP contribution in [0.15, 0.2) is 73.2 Å². The van der Waals surface area contributed by atoms with Gasteiger partial charge in [-0.05, 0) is 61.0 Å². The zero-order valence-corrected chi connectivity index (χ0v) is 21.8. The largest absolute Gasteiger partial charge is 0.424 e. The van der Waals surface area contributed by atoms with E-state index >= 15 is 0 Å². The first-order valence-corrected chi connectivity index (χ1v) is 12.8. The van der Waals surface area contributed by atoms with Crippen LogP contribution in [0.5, 0.6) is 11.8 Å². The Labute approximate surface area is 235 Å². The molecule has 2 aromatic carbocycles. The van der Waals surface area contributed by atoms with Crippen molar-refractivity contribution in [3.63, 3.8) is 0 Å². The predicted molar refractivity (Wildman–Crippen MR) is 146 cm³/mol. The summed E-state index contributed by atoms with van der Waals surface area (Å²) in [4.78, 5) is 27.1. The summed E-state index contributed by atoms with van der Waals surface area (Å²) in [7, 11) is 0. The number of ether oxygens (including phenoxy) is 1. The highest BCUT2D eigenvalue weighted by molar-refractivity contribution is 6.33. The zero-order chi connectivity index (χ0) is 28.6. The number of rotatable bonds is 6. The summed E-state index contributed by atoms with van der Waals surface area (Å²) in [5.74, 6) is 1.41. The van der Waals surface area contributed by atoms with Crippen LogP contribution in [0.2, 0.25) is 5.02 Å². The number of hydrogen-bond acceptors (Lipinski definition) is 7. The highest BCUT2D eigenvalue weighted by Crippen LogP contribution is 2.34. The first-order chi connectivity index (χ1) is 19.7. The SMILES string of the molecule is O=C(Nc1cnc(Oc2ccc(-c3cnc4ccc(N5CCC5)nn34)cc2)nc1)Nc1ccc(C(F)(F)F)cc1Cl. The van der Waals surface area contributed by atoms with E-state index in [9.17, 15) is 18.0 Å². The highest BCUT2D eigenvalue weighted by Gasteiger charge is 2.31. The van der Waals surface area contributed by atoms with Crippen molar-refractivity contribution in [1.29, 1.82) is 0 Å². The number of nitrogens with zero attached hydrogens (tertiary/aromatic N) is 6. The number of benzene rings is 2. The summed E-state index contributed by atoms with van der Waals surface area (Å²) in [5, 5.41) is 9.35. The minimum Gasteiger partial charge on any atom is -0.424 e. The molecule has 1 saturated heterocycles. The molecule has 2 amide bonds. The maximum Gasteiger partial charge on any atom is 0.416 e. The van der Waals surface area contributed by atoms with E-state index in [0.717, 1.165) is 60.4 Å². The normalized spacial score (nSPS) is 13.1. The number of urea groups is 1. The molecule has 6 rings (SSSR count). The summed E-state index contributed by atoms with van der Waals surface area (Å²) in [6.07, 6.45) is 1.04. The number of halogens is 4. The van der Waals surface area contributed by atoms with E-state index in [1.165, 1.54) is 12.4 Å². The summed E-state index contributed by atoms with van der Waals surface area (Å²) < 4.78 is 45.9. The number of imidazole rings is 1. The lowest BCUT2D eigenvalue weighted by molar-refractivity contribution is -0.137. The standard InChI is InChI=1S/C27H20ClF3N8O2/c28-20-12-17(27(29,30)31)4-7-21(20)36-25(40)35-18-13-33-26(34-14-18)41-19-5-2-16(3-6-19)22-15-32-23-8-9-24(37-39(22)23)38-10-1-11-38/h2-9,12-15H,1,10-11H2,(H2,35,36,40). The fourth-order valence-electron chi connectivity index (χ4n) is 4.08.